The van der Waals surface area contributed by atoms with Crippen molar-refractivity contribution in [3.63, 3.8) is 0 Å². The van der Waals surface area contributed by atoms with E-state index in [4.69, 9.17) is 4.74 Å². The van der Waals surface area contributed by atoms with E-state index < -0.39 is 0 Å². The Morgan fingerprint density at radius 3 is 2.79 bits per heavy atom. The van der Waals surface area contributed by atoms with Gasteiger partial charge in [-0.3, -0.25) is 0 Å². The minimum absolute atomic E-state index is 0.0780. The van der Waals surface area contributed by atoms with Crippen LogP contribution in [0, 0.1) is 5.92 Å². The Hall–Kier alpha value is -1.59. The van der Waals surface area contributed by atoms with Gasteiger partial charge in [0.1, 0.15) is 6.61 Å². The summed E-state index contributed by atoms with van der Waals surface area (Å²) in [4.78, 5) is 13.3. The first-order chi connectivity index (χ1) is 9.16. The van der Waals surface area contributed by atoms with Crippen molar-refractivity contribution in [1.29, 1.82) is 0 Å². The van der Waals surface area contributed by atoms with E-state index in [0.717, 1.165) is 12.1 Å². The molecule has 2 rings (SSSR count). The summed E-state index contributed by atoms with van der Waals surface area (Å²) < 4.78 is 5.22. The molecular formula is C14H20N2O3. The summed E-state index contributed by atoms with van der Waals surface area (Å²) in [6, 6.07) is 9.57. The van der Waals surface area contributed by atoms with E-state index in [9.17, 15) is 9.90 Å². The fourth-order valence-corrected chi connectivity index (χ4v) is 2.16. The van der Waals surface area contributed by atoms with Crippen molar-refractivity contribution in [2.24, 2.45) is 5.92 Å². The van der Waals surface area contributed by atoms with Crippen LogP contribution in [0.4, 0.5) is 4.79 Å². The summed E-state index contributed by atoms with van der Waals surface area (Å²) >= 11 is 0. The highest BCUT2D eigenvalue weighted by atomic mass is 16.6. The van der Waals surface area contributed by atoms with E-state index in [-0.39, 0.29) is 24.7 Å². The Morgan fingerprint density at radius 2 is 2.16 bits per heavy atom. The minimum atomic E-state index is -0.385. The van der Waals surface area contributed by atoms with Gasteiger partial charge in [0.05, 0.1) is 6.10 Å². The molecule has 1 saturated heterocycles. The number of ether oxygens (including phenoxy) is 1. The highest BCUT2D eigenvalue weighted by Gasteiger charge is 2.27. The zero-order valence-electron chi connectivity index (χ0n) is 11.1. The largest absolute Gasteiger partial charge is 0.445 e. The van der Waals surface area contributed by atoms with Crippen LogP contribution in [0.3, 0.4) is 0 Å². The number of aliphatic hydroxyl groups excluding tert-OH is 1. The zero-order chi connectivity index (χ0) is 13.7. The molecule has 5 heteroatoms. The van der Waals surface area contributed by atoms with Gasteiger partial charge in [-0.05, 0) is 5.56 Å². The van der Waals surface area contributed by atoms with E-state index in [0.29, 0.717) is 13.1 Å². The molecule has 2 N–H and O–H groups in total. The van der Waals surface area contributed by atoms with Crippen LogP contribution in [-0.2, 0) is 11.3 Å². The Bertz CT molecular complexity index is 410. The number of benzene rings is 1. The number of nitrogens with zero attached hydrogens (tertiary/aromatic N) is 1. The minimum Gasteiger partial charge on any atom is -0.445 e. The quantitative estimate of drug-likeness (QED) is 0.846. The molecule has 0 radical (unpaired) electrons. The molecule has 0 saturated carbocycles. The first-order valence-corrected chi connectivity index (χ1v) is 6.47. The van der Waals surface area contributed by atoms with Crippen molar-refractivity contribution >= 4 is 6.09 Å². The molecule has 0 aliphatic carbocycles. The highest BCUT2D eigenvalue weighted by Crippen LogP contribution is 2.11. The fourth-order valence-electron chi connectivity index (χ4n) is 2.16. The van der Waals surface area contributed by atoms with Gasteiger partial charge in [-0.15, -0.1) is 0 Å². The smallest absolute Gasteiger partial charge is 0.409 e. The Morgan fingerprint density at radius 1 is 1.42 bits per heavy atom. The zero-order valence-corrected chi connectivity index (χ0v) is 11.1. The van der Waals surface area contributed by atoms with Gasteiger partial charge in [-0.1, -0.05) is 30.3 Å². The number of amides is 1. The van der Waals surface area contributed by atoms with Crippen molar-refractivity contribution in [2.75, 3.05) is 26.7 Å². The number of carbonyl (C=O) groups excluding carboxylic acids is 1. The van der Waals surface area contributed by atoms with Gasteiger partial charge >= 0.3 is 6.09 Å². The van der Waals surface area contributed by atoms with Gasteiger partial charge in [-0.25, -0.2) is 4.79 Å². The van der Waals surface area contributed by atoms with Crippen LogP contribution in [0.2, 0.25) is 0 Å². The fraction of sp³-hybridized carbons (Fsp3) is 0.500. The van der Waals surface area contributed by atoms with Crippen LogP contribution in [0.5, 0.6) is 0 Å². The topological polar surface area (TPSA) is 61.8 Å². The number of aliphatic hydroxyl groups is 1. The predicted octanol–water partition coefficient (Wildman–Crippen LogP) is 0.835. The summed E-state index contributed by atoms with van der Waals surface area (Å²) in [6.45, 7) is 2.10. The third-order valence-corrected chi connectivity index (χ3v) is 3.33. The van der Waals surface area contributed by atoms with E-state index in [1.807, 2.05) is 30.3 Å². The Labute approximate surface area is 113 Å². The second-order valence-corrected chi connectivity index (χ2v) is 4.91. The van der Waals surface area contributed by atoms with Gasteiger partial charge in [0.2, 0.25) is 0 Å². The number of nitrogens with one attached hydrogen (secondary N) is 1. The summed E-state index contributed by atoms with van der Waals surface area (Å²) in [5.74, 6) is 0.0780. The lowest BCUT2D eigenvalue weighted by Crippen LogP contribution is -2.36. The average molecular weight is 264 g/mol. The number of β-amino-alcohol motifs (C(OH)–C–C–N with tert-alkyl or cyclic N) is 1. The van der Waals surface area contributed by atoms with Crippen LogP contribution in [-0.4, -0.2) is 48.9 Å². The number of hydrogen-bond acceptors (Lipinski definition) is 4. The van der Waals surface area contributed by atoms with E-state index in [1.165, 1.54) is 4.90 Å². The summed E-state index contributed by atoms with van der Waals surface area (Å²) in [6.07, 6.45) is -0.743. The predicted molar refractivity (Wildman–Crippen MR) is 71.6 cm³/mol. The summed E-state index contributed by atoms with van der Waals surface area (Å²) in [5.41, 5.74) is 0.965. The van der Waals surface area contributed by atoms with Crippen molar-refractivity contribution in [3.8, 4) is 0 Å². The van der Waals surface area contributed by atoms with Crippen LogP contribution in [0.15, 0.2) is 30.3 Å². The maximum absolute atomic E-state index is 11.8. The molecule has 1 fully saturated rings. The first kappa shape index (κ1) is 13.8. The molecule has 0 unspecified atom stereocenters. The summed E-state index contributed by atoms with van der Waals surface area (Å²) in [5, 5.41) is 12.8. The molecular weight excluding hydrogens is 244 g/mol. The third kappa shape index (κ3) is 3.94. The number of carbonyl (C=O) groups is 1. The van der Waals surface area contributed by atoms with E-state index in [2.05, 4.69) is 5.32 Å². The molecule has 1 aliphatic rings. The normalized spacial score (nSPS) is 22.2. The lowest BCUT2D eigenvalue weighted by molar-refractivity contribution is 0.0845. The van der Waals surface area contributed by atoms with Crippen LogP contribution in [0.25, 0.3) is 0 Å². The third-order valence-electron chi connectivity index (χ3n) is 3.33. The molecule has 1 aromatic carbocycles. The van der Waals surface area contributed by atoms with Gasteiger partial charge in [0, 0.05) is 32.6 Å². The van der Waals surface area contributed by atoms with Crippen molar-refractivity contribution in [1.82, 2.24) is 10.2 Å². The number of hydrogen-bond donors (Lipinski definition) is 2. The van der Waals surface area contributed by atoms with Crippen molar-refractivity contribution < 1.29 is 14.6 Å². The lowest BCUT2D eigenvalue weighted by Gasteiger charge is -2.22. The monoisotopic (exact) mass is 264 g/mol. The van der Waals surface area contributed by atoms with Crippen LogP contribution >= 0.6 is 0 Å². The van der Waals surface area contributed by atoms with Crippen molar-refractivity contribution in [2.45, 2.75) is 12.7 Å². The SMILES string of the molecule is CN(C[C@H]1CNC[C@@H]1O)C(=O)OCc1ccccc1. The Balaban J connectivity index is 1.76. The highest BCUT2D eigenvalue weighted by molar-refractivity contribution is 5.67. The van der Waals surface area contributed by atoms with Gasteiger partial charge in [-0.2, -0.15) is 0 Å². The standard InChI is InChI=1S/C14H20N2O3/c1-16(9-12-7-15-8-13(12)17)14(18)19-10-11-5-3-2-4-6-11/h2-6,12-13,15,17H,7-10H2,1H3/t12-,13+/m1/s1. The molecule has 0 aromatic heterocycles. The molecule has 104 valence electrons. The molecule has 1 aromatic rings. The molecule has 1 heterocycles. The molecule has 1 amide bonds. The first-order valence-electron chi connectivity index (χ1n) is 6.47. The van der Waals surface area contributed by atoms with E-state index >= 15 is 0 Å². The van der Waals surface area contributed by atoms with Crippen LogP contribution < -0.4 is 5.32 Å². The molecule has 19 heavy (non-hydrogen) atoms. The molecule has 0 spiro atoms. The van der Waals surface area contributed by atoms with Gasteiger partial charge in [0.25, 0.3) is 0 Å². The maximum atomic E-state index is 11.8. The lowest BCUT2D eigenvalue weighted by atomic mass is 10.1. The Kier molecular flexibility index (Phi) is 4.76. The molecule has 5 nitrogen and oxygen atoms in total. The summed E-state index contributed by atoms with van der Waals surface area (Å²) in [7, 11) is 1.69. The van der Waals surface area contributed by atoms with Crippen LogP contribution in [0.1, 0.15) is 5.56 Å². The van der Waals surface area contributed by atoms with Gasteiger partial charge in [0.15, 0.2) is 0 Å². The molecule has 1 aliphatic heterocycles. The second kappa shape index (κ2) is 6.54. The molecule has 2 atom stereocenters. The van der Waals surface area contributed by atoms with Gasteiger partial charge < -0.3 is 20.1 Å². The number of rotatable bonds is 4. The maximum Gasteiger partial charge on any atom is 0.409 e. The van der Waals surface area contributed by atoms with E-state index in [1.54, 1.807) is 7.05 Å². The molecule has 0 bridgehead atoms. The second-order valence-electron chi connectivity index (χ2n) is 4.91. The van der Waals surface area contributed by atoms with Crippen molar-refractivity contribution in [3.05, 3.63) is 35.9 Å². The average Bonchev–Trinajstić information content (AvgIpc) is 2.82.